The average molecular weight is 388 g/mol. The van der Waals surface area contributed by atoms with Crippen molar-refractivity contribution in [1.82, 2.24) is 10.2 Å². The number of nitrogens with zero attached hydrogens (tertiary/aromatic N) is 1. The highest BCUT2D eigenvalue weighted by molar-refractivity contribution is 5.93. The van der Waals surface area contributed by atoms with Crippen molar-refractivity contribution in [3.63, 3.8) is 0 Å². The molecule has 0 radical (unpaired) electrons. The van der Waals surface area contributed by atoms with Crippen LogP contribution in [0, 0.1) is 0 Å². The summed E-state index contributed by atoms with van der Waals surface area (Å²) in [6, 6.07) is 10.3. The molecule has 0 aliphatic carbocycles. The van der Waals surface area contributed by atoms with Crippen LogP contribution >= 0.6 is 24.8 Å². The first-order valence-electron chi connectivity index (χ1n) is 7.84. The van der Waals surface area contributed by atoms with E-state index in [0.717, 1.165) is 12.1 Å². The Kier molecular flexibility index (Phi) is 10.5. The SMILES string of the molecule is CC(C)N(C)Cc1ccccc1CNC(=O)c1coc(CN)c1.Cl.Cl. The summed E-state index contributed by atoms with van der Waals surface area (Å²) in [5.74, 6) is 0.453. The molecule has 2 aromatic rings. The molecule has 0 fully saturated rings. The van der Waals surface area contributed by atoms with Crippen molar-refractivity contribution < 1.29 is 9.21 Å². The first kappa shape index (κ1) is 23.5. The molecule has 0 unspecified atom stereocenters. The van der Waals surface area contributed by atoms with Crippen LogP contribution in [0.2, 0.25) is 0 Å². The quantitative estimate of drug-likeness (QED) is 0.763. The summed E-state index contributed by atoms with van der Waals surface area (Å²) in [6.45, 7) is 5.96. The zero-order valence-corrected chi connectivity index (χ0v) is 16.5. The molecule has 1 aromatic heterocycles. The number of hydrogen-bond donors (Lipinski definition) is 2. The van der Waals surface area contributed by atoms with Crippen molar-refractivity contribution in [2.24, 2.45) is 5.73 Å². The van der Waals surface area contributed by atoms with E-state index in [4.69, 9.17) is 10.2 Å². The van der Waals surface area contributed by atoms with Gasteiger partial charge in [0.1, 0.15) is 12.0 Å². The Morgan fingerprint density at radius 1 is 1.24 bits per heavy atom. The van der Waals surface area contributed by atoms with Gasteiger partial charge in [0.15, 0.2) is 0 Å². The van der Waals surface area contributed by atoms with Gasteiger partial charge in [-0.25, -0.2) is 0 Å². The molecule has 0 atom stereocenters. The number of nitrogens with one attached hydrogen (secondary N) is 1. The molecule has 0 aliphatic heterocycles. The van der Waals surface area contributed by atoms with Crippen molar-refractivity contribution in [1.29, 1.82) is 0 Å². The smallest absolute Gasteiger partial charge is 0.254 e. The van der Waals surface area contributed by atoms with Gasteiger partial charge in [0.05, 0.1) is 12.1 Å². The number of furan rings is 1. The predicted molar refractivity (Wildman–Crippen MR) is 105 cm³/mol. The molecule has 0 saturated carbocycles. The molecule has 140 valence electrons. The third kappa shape index (κ3) is 6.71. The van der Waals surface area contributed by atoms with E-state index in [1.54, 1.807) is 6.07 Å². The largest absolute Gasteiger partial charge is 0.467 e. The summed E-state index contributed by atoms with van der Waals surface area (Å²) < 4.78 is 5.20. The lowest BCUT2D eigenvalue weighted by Gasteiger charge is -2.22. The molecule has 1 heterocycles. The Morgan fingerprint density at radius 2 is 1.88 bits per heavy atom. The van der Waals surface area contributed by atoms with Crippen molar-refractivity contribution in [3.05, 3.63) is 59.0 Å². The lowest BCUT2D eigenvalue weighted by Crippen LogP contribution is -2.27. The summed E-state index contributed by atoms with van der Waals surface area (Å²) >= 11 is 0. The standard InChI is InChI=1S/C18H25N3O2.2ClH/c1-13(2)21(3)11-15-7-5-4-6-14(15)10-20-18(22)16-8-17(9-19)23-12-16;;/h4-8,12-13H,9-11,19H2,1-3H3,(H,20,22);2*1H. The van der Waals surface area contributed by atoms with Gasteiger partial charge in [0.25, 0.3) is 5.91 Å². The number of hydrogen-bond acceptors (Lipinski definition) is 4. The molecule has 0 saturated heterocycles. The Morgan fingerprint density at radius 3 is 2.44 bits per heavy atom. The molecule has 5 nitrogen and oxygen atoms in total. The Labute approximate surface area is 161 Å². The number of carbonyl (C=O) groups excluding carboxylic acids is 1. The summed E-state index contributed by atoms with van der Waals surface area (Å²) in [7, 11) is 2.10. The van der Waals surface area contributed by atoms with Gasteiger partial charge < -0.3 is 15.5 Å². The number of amides is 1. The second-order valence-electron chi connectivity index (χ2n) is 5.97. The first-order valence-corrected chi connectivity index (χ1v) is 7.84. The van der Waals surface area contributed by atoms with E-state index in [0.29, 0.717) is 23.9 Å². The lowest BCUT2D eigenvalue weighted by atomic mass is 10.1. The van der Waals surface area contributed by atoms with Crippen molar-refractivity contribution in [2.75, 3.05) is 7.05 Å². The van der Waals surface area contributed by atoms with Crippen LogP contribution in [0.4, 0.5) is 0 Å². The van der Waals surface area contributed by atoms with E-state index in [2.05, 4.69) is 37.2 Å². The van der Waals surface area contributed by atoms with Crippen molar-refractivity contribution in [2.45, 2.75) is 39.5 Å². The van der Waals surface area contributed by atoms with E-state index >= 15 is 0 Å². The fraction of sp³-hybridized carbons (Fsp3) is 0.389. The zero-order valence-electron chi connectivity index (χ0n) is 14.8. The van der Waals surface area contributed by atoms with E-state index < -0.39 is 0 Å². The van der Waals surface area contributed by atoms with Gasteiger partial charge in [0.2, 0.25) is 0 Å². The number of benzene rings is 1. The van der Waals surface area contributed by atoms with Gasteiger partial charge in [0, 0.05) is 19.1 Å². The summed E-state index contributed by atoms with van der Waals surface area (Å²) in [5.41, 5.74) is 8.33. The molecule has 7 heteroatoms. The van der Waals surface area contributed by atoms with Crippen LogP contribution in [-0.2, 0) is 19.6 Å². The molecule has 1 amide bonds. The number of carbonyl (C=O) groups is 1. The second kappa shape index (κ2) is 11.2. The summed E-state index contributed by atoms with van der Waals surface area (Å²) in [6.07, 6.45) is 1.44. The highest BCUT2D eigenvalue weighted by Gasteiger charge is 2.12. The Balaban J connectivity index is 0.00000288. The average Bonchev–Trinajstić information content (AvgIpc) is 3.02. The fourth-order valence-corrected chi connectivity index (χ4v) is 2.22. The van der Waals surface area contributed by atoms with Gasteiger partial charge in [-0.2, -0.15) is 0 Å². The number of nitrogens with two attached hydrogens (primary N) is 1. The minimum absolute atomic E-state index is 0. The van der Waals surface area contributed by atoms with Crippen LogP contribution in [0.15, 0.2) is 41.0 Å². The fourth-order valence-electron chi connectivity index (χ4n) is 2.22. The van der Waals surface area contributed by atoms with Crippen LogP contribution in [0.5, 0.6) is 0 Å². The molecule has 0 spiro atoms. The van der Waals surface area contributed by atoms with Crippen LogP contribution in [0.25, 0.3) is 0 Å². The molecule has 2 rings (SSSR count). The normalized spacial score (nSPS) is 10.3. The molecular weight excluding hydrogens is 361 g/mol. The zero-order chi connectivity index (χ0) is 16.8. The molecule has 0 aliphatic rings. The third-order valence-corrected chi connectivity index (χ3v) is 3.98. The summed E-state index contributed by atoms with van der Waals surface area (Å²) in [4.78, 5) is 14.4. The number of halogens is 2. The topological polar surface area (TPSA) is 71.5 Å². The first-order chi connectivity index (χ1) is 11.0. The van der Waals surface area contributed by atoms with Gasteiger partial charge in [-0.15, -0.1) is 24.8 Å². The molecule has 0 bridgehead atoms. The van der Waals surface area contributed by atoms with Crippen LogP contribution in [0.1, 0.15) is 41.1 Å². The van der Waals surface area contributed by atoms with Crippen LogP contribution in [0.3, 0.4) is 0 Å². The Hall–Kier alpha value is -1.53. The van der Waals surface area contributed by atoms with Gasteiger partial charge in [-0.1, -0.05) is 24.3 Å². The maximum Gasteiger partial charge on any atom is 0.254 e. The highest BCUT2D eigenvalue weighted by Crippen LogP contribution is 2.13. The number of rotatable bonds is 7. The molecule has 3 N–H and O–H groups in total. The predicted octanol–water partition coefficient (Wildman–Crippen LogP) is 3.35. The van der Waals surface area contributed by atoms with Crippen LogP contribution in [-0.4, -0.2) is 23.9 Å². The van der Waals surface area contributed by atoms with E-state index in [1.807, 2.05) is 18.2 Å². The summed E-state index contributed by atoms with van der Waals surface area (Å²) in [5, 5.41) is 2.94. The monoisotopic (exact) mass is 387 g/mol. The maximum atomic E-state index is 12.2. The Bertz CT molecular complexity index is 659. The van der Waals surface area contributed by atoms with E-state index in [1.165, 1.54) is 11.8 Å². The molecular formula is C18H27Cl2N3O2. The highest BCUT2D eigenvalue weighted by atomic mass is 35.5. The molecule has 25 heavy (non-hydrogen) atoms. The minimum Gasteiger partial charge on any atom is -0.467 e. The minimum atomic E-state index is -0.152. The van der Waals surface area contributed by atoms with Gasteiger partial charge in [-0.05, 0) is 38.1 Å². The van der Waals surface area contributed by atoms with Crippen LogP contribution < -0.4 is 11.1 Å². The lowest BCUT2D eigenvalue weighted by molar-refractivity contribution is 0.0950. The van der Waals surface area contributed by atoms with Crippen molar-refractivity contribution in [3.8, 4) is 0 Å². The third-order valence-electron chi connectivity index (χ3n) is 3.98. The van der Waals surface area contributed by atoms with Gasteiger partial charge in [-0.3, -0.25) is 9.69 Å². The second-order valence-corrected chi connectivity index (χ2v) is 5.97. The van der Waals surface area contributed by atoms with E-state index in [9.17, 15) is 4.79 Å². The molecule has 1 aromatic carbocycles. The van der Waals surface area contributed by atoms with Crippen molar-refractivity contribution >= 4 is 30.7 Å². The maximum absolute atomic E-state index is 12.2. The van der Waals surface area contributed by atoms with E-state index in [-0.39, 0.29) is 37.3 Å². The van der Waals surface area contributed by atoms with Gasteiger partial charge >= 0.3 is 0 Å².